The summed E-state index contributed by atoms with van der Waals surface area (Å²) in [4.78, 5) is 16.6. The first-order valence-electron chi connectivity index (χ1n) is 8.24. The largest absolute Gasteiger partial charge is 0.484 e. The van der Waals surface area contributed by atoms with E-state index in [1.807, 2.05) is 0 Å². The van der Waals surface area contributed by atoms with Crippen LogP contribution < -0.4 is 10.1 Å². The molecule has 0 unspecified atom stereocenters. The Bertz CT molecular complexity index is 979. The zero-order valence-corrected chi connectivity index (χ0v) is 15.1. The Labute approximate surface area is 158 Å². The summed E-state index contributed by atoms with van der Waals surface area (Å²) in [6, 6.07) is 6.06. The standard InChI is InChI=1S/C18H17F3N4O3/c1-11-15(24-17(28-11)13-8-23-25(2)9-13)16(26)22-7-12-4-3-5-14(6-12)27-10-18(19,20)21/h3-6,8-9H,7,10H2,1-2H3,(H,22,26). The molecule has 10 heteroatoms. The molecule has 7 nitrogen and oxygen atoms in total. The maximum atomic E-state index is 12.4. The predicted octanol–water partition coefficient (Wildman–Crippen LogP) is 3.25. The molecule has 2 heterocycles. The third-order valence-electron chi connectivity index (χ3n) is 3.72. The van der Waals surface area contributed by atoms with E-state index in [2.05, 4.69) is 15.4 Å². The van der Waals surface area contributed by atoms with Gasteiger partial charge in [0.05, 0.1) is 11.8 Å². The van der Waals surface area contributed by atoms with Crippen LogP contribution in [-0.4, -0.2) is 33.5 Å². The maximum Gasteiger partial charge on any atom is 0.422 e. The minimum atomic E-state index is -4.42. The van der Waals surface area contributed by atoms with Crippen molar-refractivity contribution >= 4 is 5.91 Å². The van der Waals surface area contributed by atoms with E-state index in [4.69, 9.17) is 9.15 Å². The van der Waals surface area contributed by atoms with Crippen molar-refractivity contribution in [3.05, 3.63) is 53.7 Å². The molecule has 0 bridgehead atoms. The molecule has 3 aromatic rings. The molecule has 1 N–H and O–H groups in total. The number of hydrogen-bond acceptors (Lipinski definition) is 5. The third kappa shape index (κ3) is 4.90. The molecule has 0 aliphatic rings. The van der Waals surface area contributed by atoms with E-state index >= 15 is 0 Å². The molecule has 0 saturated carbocycles. The molecule has 1 amide bonds. The van der Waals surface area contributed by atoms with E-state index in [-0.39, 0.29) is 23.9 Å². The quantitative estimate of drug-likeness (QED) is 0.694. The first-order valence-corrected chi connectivity index (χ1v) is 8.24. The Morgan fingerprint density at radius 3 is 2.82 bits per heavy atom. The predicted molar refractivity (Wildman–Crippen MR) is 92.6 cm³/mol. The van der Waals surface area contributed by atoms with Crippen LogP contribution in [0.15, 0.2) is 41.1 Å². The average Bonchev–Trinajstić information content (AvgIpc) is 3.23. The number of carbonyl (C=O) groups is 1. The van der Waals surface area contributed by atoms with Crippen LogP contribution in [0.25, 0.3) is 11.5 Å². The van der Waals surface area contributed by atoms with Crippen LogP contribution in [-0.2, 0) is 13.6 Å². The first kappa shape index (κ1) is 19.5. The minimum absolute atomic E-state index is 0.0700. The molecule has 3 rings (SSSR count). The molecular weight excluding hydrogens is 377 g/mol. The summed E-state index contributed by atoms with van der Waals surface area (Å²) < 4.78 is 48.5. The van der Waals surface area contributed by atoms with Gasteiger partial charge in [-0.05, 0) is 24.6 Å². The van der Waals surface area contributed by atoms with Gasteiger partial charge in [-0.2, -0.15) is 18.3 Å². The van der Waals surface area contributed by atoms with Gasteiger partial charge in [0.1, 0.15) is 11.5 Å². The number of amides is 1. The summed E-state index contributed by atoms with van der Waals surface area (Å²) in [5.74, 6) is 0.232. The Balaban J connectivity index is 1.64. The zero-order valence-electron chi connectivity index (χ0n) is 15.1. The number of oxazole rings is 1. The minimum Gasteiger partial charge on any atom is -0.484 e. The van der Waals surface area contributed by atoms with Crippen molar-refractivity contribution in [1.82, 2.24) is 20.1 Å². The number of hydrogen-bond donors (Lipinski definition) is 1. The lowest BCUT2D eigenvalue weighted by Crippen LogP contribution is -2.24. The van der Waals surface area contributed by atoms with E-state index in [0.29, 0.717) is 16.9 Å². The smallest absolute Gasteiger partial charge is 0.422 e. The molecule has 0 aliphatic carbocycles. The fraction of sp³-hybridized carbons (Fsp3) is 0.278. The summed E-state index contributed by atoms with van der Waals surface area (Å²) in [6.45, 7) is 0.335. The monoisotopic (exact) mass is 394 g/mol. The van der Waals surface area contributed by atoms with Crippen LogP contribution in [0.4, 0.5) is 13.2 Å². The van der Waals surface area contributed by atoms with Crippen LogP contribution in [0.3, 0.4) is 0 Å². The summed E-state index contributed by atoms with van der Waals surface area (Å²) in [6.07, 6.45) is -1.14. The molecule has 0 fully saturated rings. The number of rotatable bonds is 6. The van der Waals surface area contributed by atoms with Crippen LogP contribution in [0.5, 0.6) is 5.75 Å². The van der Waals surface area contributed by atoms with Crippen LogP contribution in [0.2, 0.25) is 0 Å². The highest BCUT2D eigenvalue weighted by Crippen LogP contribution is 2.22. The average molecular weight is 394 g/mol. The van der Waals surface area contributed by atoms with E-state index in [1.54, 1.807) is 43.2 Å². The number of aryl methyl sites for hydroxylation is 2. The van der Waals surface area contributed by atoms with Crippen LogP contribution in [0.1, 0.15) is 21.8 Å². The molecule has 0 atom stereocenters. The second kappa shape index (κ2) is 7.75. The number of halogens is 3. The Hall–Kier alpha value is -3.30. The normalized spacial score (nSPS) is 11.5. The van der Waals surface area contributed by atoms with E-state index in [0.717, 1.165) is 0 Å². The molecule has 1 aromatic carbocycles. The third-order valence-corrected chi connectivity index (χ3v) is 3.72. The number of nitrogens with one attached hydrogen (secondary N) is 1. The van der Waals surface area contributed by atoms with Gasteiger partial charge in [0.2, 0.25) is 5.89 Å². The first-order chi connectivity index (χ1) is 13.2. The van der Waals surface area contributed by atoms with Gasteiger partial charge in [0.15, 0.2) is 12.3 Å². The topological polar surface area (TPSA) is 82.2 Å². The number of alkyl halides is 3. The summed E-state index contributed by atoms with van der Waals surface area (Å²) in [5.41, 5.74) is 1.35. The highest BCUT2D eigenvalue weighted by Gasteiger charge is 2.28. The Kier molecular flexibility index (Phi) is 5.39. The molecule has 0 spiro atoms. The van der Waals surface area contributed by atoms with Gasteiger partial charge in [-0.3, -0.25) is 9.48 Å². The van der Waals surface area contributed by atoms with Gasteiger partial charge < -0.3 is 14.5 Å². The van der Waals surface area contributed by atoms with Gasteiger partial charge >= 0.3 is 6.18 Å². The second-order valence-corrected chi connectivity index (χ2v) is 6.06. The van der Waals surface area contributed by atoms with Gasteiger partial charge in [-0.15, -0.1) is 0 Å². The lowest BCUT2D eigenvalue weighted by atomic mass is 10.2. The fourth-order valence-electron chi connectivity index (χ4n) is 2.44. The number of nitrogens with zero attached hydrogens (tertiary/aromatic N) is 3. The molecular formula is C18H17F3N4O3. The van der Waals surface area contributed by atoms with Crippen molar-refractivity contribution in [3.63, 3.8) is 0 Å². The fourth-order valence-corrected chi connectivity index (χ4v) is 2.44. The number of ether oxygens (including phenoxy) is 1. The number of benzene rings is 1. The van der Waals surface area contributed by atoms with Crippen molar-refractivity contribution < 1.29 is 27.1 Å². The van der Waals surface area contributed by atoms with Gasteiger partial charge in [-0.25, -0.2) is 4.98 Å². The summed E-state index contributed by atoms with van der Waals surface area (Å²) in [5, 5.41) is 6.69. The number of carbonyl (C=O) groups excluding carboxylic acids is 1. The van der Waals surface area contributed by atoms with Crippen molar-refractivity contribution in [2.24, 2.45) is 7.05 Å². The highest BCUT2D eigenvalue weighted by atomic mass is 19.4. The summed E-state index contributed by atoms with van der Waals surface area (Å²) in [7, 11) is 1.75. The Morgan fingerprint density at radius 2 is 2.14 bits per heavy atom. The van der Waals surface area contributed by atoms with Crippen molar-refractivity contribution in [2.45, 2.75) is 19.6 Å². The van der Waals surface area contributed by atoms with E-state index in [9.17, 15) is 18.0 Å². The van der Waals surface area contributed by atoms with Crippen molar-refractivity contribution in [1.29, 1.82) is 0 Å². The van der Waals surface area contributed by atoms with Crippen molar-refractivity contribution in [2.75, 3.05) is 6.61 Å². The van der Waals surface area contributed by atoms with Crippen LogP contribution in [0, 0.1) is 6.92 Å². The lowest BCUT2D eigenvalue weighted by molar-refractivity contribution is -0.153. The van der Waals surface area contributed by atoms with E-state index in [1.165, 1.54) is 12.1 Å². The zero-order chi connectivity index (χ0) is 20.3. The van der Waals surface area contributed by atoms with Crippen LogP contribution >= 0.6 is 0 Å². The molecule has 0 saturated heterocycles. The number of aromatic nitrogens is 3. The molecule has 28 heavy (non-hydrogen) atoms. The maximum absolute atomic E-state index is 12.4. The molecule has 148 valence electrons. The van der Waals surface area contributed by atoms with Crippen molar-refractivity contribution in [3.8, 4) is 17.2 Å². The van der Waals surface area contributed by atoms with Gasteiger partial charge in [0.25, 0.3) is 5.91 Å². The highest BCUT2D eigenvalue weighted by molar-refractivity contribution is 5.93. The molecule has 2 aromatic heterocycles. The van der Waals surface area contributed by atoms with Gasteiger partial charge in [0, 0.05) is 19.8 Å². The summed E-state index contributed by atoms with van der Waals surface area (Å²) >= 11 is 0. The Morgan fingerprint density at radius 1 is 1.36 bits per heavy atom. The molecule has 0 radical (unpaired) electrons. The lowest BCUT2D eigenvalue weighted by Gasteiger charge is -2.10. The SMILES string of the molecule is Cc1oc(-c2cnn(C)c2)nc1C(=O)NCc1cccc(OCC(F)(F)F)c1. The molecule has 0 aliphatic heterocycles. The van der Waals surface area contributed by atoms with Gasteiger partial charge in [-0.1, -0.05) is 12.1 Å². The second-order valence-electron chi connectivity index (χ2n) is 6.06. The van der Waals surface area contributed by atoms with E-state index < -0.39 is 18.7 Å².